The minimum absolute atomic E-state index is 0.115. The Bertz CT molecular complexity index is 560. The number of amides is 1. The summed E-state index contributed by atoms with van der Waals surface area (Å²) >= 11 is 0. The molecule has 0 aromatic heterocycles. The molecule has 0 radical (unpaired) electrons. The second-order valence-electron chi connectivity index (χ2n) is 5.85. The Morgan fingerprint density at radius 1 is 1.43 bits per heavy atom. The van der Waals surface area contributed by atoms with Gasteiger partial charge in [-0.05, 0) is 37.3 Å². The third-order valence-electron chi connectivity index (χ3n) is 4.32. The Hall–Kier alpha value is -1.91. The maximum atomic E-state index is 13.7. The molecule has 0 bridgehead atoms. The topological polar surface area (TPSA) is 57.6 Å². The number of carboxylic acids is 1. The number of nitrogens with zero attached hydrogens (tertiary/aromatic N) is 1. The third-order valence-corrected chi connectivity index (χ3v) is 4.32. The van der Waals surface area contributed by atoms with Crippen molar-refractivity contribution in [1.82, 2.24) is 4.90 Å². The molecule has 114 valence electrons. The fraction of sp³-hybridized carbons (Fsp3) is 0.500. The summed E-state index contributed by atoms with van der Waals surface area (Å²) in [6.07, 6.45) is 1.26. The van der Waals surface area contributed by atoms with Gasteiger partial charge in [-0.2, -0.15) is 0 Å². The Labute approximate surface area is 123 Å². The van der Waals surface area contributed by atoms with Crippen molar-refractivity contribution < 1.29 is 19.1 Å². The van der Waals surface area contributed by atoms with Gasteiger partial charge in [0.2, 0.25) is 5.91 Å². The molecule has 0 spiro atoms. The van der Waals surface area contributed by atoms with E-state index in [4.69, 9.17) is 0 Å². The standard InChI is InChI=1S/C16H20FNO3/c1-11(12-6-3-4-7-13(12)17)10-14(19)18-9-5-8-16(18,2)15(20)21/h3-4,6-7,11H,5,8-10H2,1-2H3,(H,20,21). The highest BCUT2D eigenvalue weighted by Gasteiger charge is 2.45. The van der Waals surface area contributed by atoms with E-state index >= 15 is 0 Å². The van der Waals surface area contributed by atoms with Crippen molar-refractivity contribution in [2.45, 2.75) is 44.6 Å². The van der Waals surface area contributed by atoms with Crippen LogP contribution in [0.3, 0.4) is 0 Å². The number of hydrogen-bond acceptors (Lipinski definition) is 2. The summed E-state index contributed by atoms with van der Waals surface area (Å²) in [5.74, 6) is -1.82. The van der Waals surface area contributed by atoms with Crippen molar-refractivity contribution in [1.29, 1.82) is 0 Å². The van der Waals surface area contributed by atoms with Crippen LogP contribution in [0.1, 0.15) is 44.6 Å². The Morgan fingerprint density at radius 3 is 2.71 bits per heavy atom. The van der Waals surface area contributed by atoms with Gasteiger partial charge >= 0.3 is 5.97 Å². The smallest absolute Gasteiger partial charge is 0.329 e. The van der Waals surface area contributed by atoms with Crippen LogP contribution in [-0.4, -0.2) is 34.0 Å². The van der Waals surface area contributed by atoms with E-state index in [0.29, 0.717) is 24.9 Å². The van der Waals surface area contributed by atoms with Crippen molar-refractivity contribution in [3.63, 3.8) is 0 Å². The molecule has 1 fully saturated rings. The van der Waals surface area contributed by atoms with Crippen molar-refractivity contribution in [3.05, 3.63) is 35.6 Å². The highest BCUT2D eigenvalue weighted by Crippen LogP contribution is 2.32. The van der Waals surface area contributed by atoms with E-state index in [1.807, 2.05) is 0 Å². The van der Waals surface area contributed by atoms with Gasteiger partial charge in [0.25, 0.3) is 0 Å². The largest absolute Gasteiger partial charge is 0.480 e. The molecule has 1 amide bonds. The average Bonchev–Trinajstić information content (AvgIpc) is 2.82. The van der Waals surface area contributed by atoms with E-state index in [1.54, 1.807) is 32.0 Å². The molecule has 2 unspecified atom stereocenters. The number of carbonyl (C=O) groups excluding carboxylic acids is 1. The van der Waals surface area contributed by atoms with Gasteiger partial charge in [-0.15, -0.1) is 0 Å². The lowest BCUT2D eigenvalue weighted by atomic mass is 9.94. The number of likely N-dealkylation sites (tertiary alicyclic amines) is 1. The zero-order valence-electron chi connectivity index (χ0n) is 12.3. The molecule has 0 saturated carbocycles. The van der Waals surface area contributed by atoms with Crippen molar-refractivity contribution in [2.75, 3.05) is 6.54 Å². The quantitative estimate of drug-likeness (QED) is 0.928. The van der Waals surface area contributed by atoms with Gasteiger partial charge in [0.05, 0.1) is 0 Å². The minimum atomic E-state index is -1.13. The fourth-order valence-electron chi connectivity index (χ4n) is 2.94. The second-order valence-corrected chi connectivity index (χ2v) is 5.85. The van der Waals surface area contributed by atoms with Crippen LogP contribution < -0.4 is 0 Å². The molecule has 1 aromatic rings. The molecule has 1 aliphatic heterocycles. The maximum Gasteiger partial charge on any atom is 0.329 e. The van der Waals surface area contributed by atoms with Crippen LogP contribution in [0.4, 0.5) is 4.39 Å². The van der Waals surface area contributed by atoms with Crippen LogP contribution >= 0.6 is 0 Å². The monoisotopic (exact) mass is 293 g/mol. The lowest BCUT2D eigenvalue weighted by Crippen LogP contribution is -2.51. The van der Waals surface area contributed by atoms with Crippen LogP contribution in [0.5, 0.6) is 0 Å². The van der Waals surface area contributed by atoms with Gasteiger partial charge in [-0.3, -0.25) is 4.79 Å². The summed E-state index contributed by atoms with van der Waals surface area (Å²) in [4.78, 5) is 25.2. The first-order valence-electron chi connectivity index (χ1n) is 7.14. The number of carboxylic acid groups (broad SMARTS) is 1. The van der Waals surface area contributed by atoms with Crippen molar-refractivity contribution >= 4 is 11.9 Å². The van der Waals surface area contributed by atoms with Gasteiger partial charge < -0.3 is 10.0 Å². The molecule has 1 heterocycles. The number of halogens is 1. The number of aliphatic carboxylic acids is 1. The van der Waals surface area contributed by atoms with E-state index in [0.717, 1.165) is 0 Å². The van der Waals surface area contributed by atoms with Crippen LogP contribution in [0.25, 0.3) is 0 Å². The number of hydrogen-bond donors (Lipinski definition) is 1. The second kappa shape index (κ2) is 5.84. The van der Waals surface area contributed by atoms with E-state index in [-0.39, 0.29) is 24.1 Å². The van der Waals surface area contributed by atoms with Gasteiger partial charge in [-0.25, -0.2) is 9.18 Å². The number of carbonyl (C=O) groups is 2. The molecule has 1 N–H and O–H groups in total. The van der Waals surface area contributed by atoms with E-state index in [9.17, 15) is 19.1 Å². The summed E-state index contributed by atoms with van der Waals surface area (Å²) in [6.45, 7) is 3.81. The van der Waals surface area contributed by atoms with E-state index < -0.39 is 11.5 Å². The highest BCUT2D eigenvalue weighted by molar-refractivity contribution is 5.87. The van der Waals surface area contributed by atoms with Gasteiger partial charge in [0, 0.05) is 13.0 Å². The normalized spacial score (nSPS) is 23.1. The van der Waals surface area contributed by atoms with E-state index in [2.05, 4.69) is 0 Å². The van der Waals surface area contributed by atoms with Crippen LogP contribution in [-0.2, 0) is 9.59 Å². The maximum absolute atomic E-state index is 13.7. The SMILES string of the molecule is CC(CC(=O)N1CCCC1(C)C(=O)O)c1ccccc1F. The summed E-state index contributed by atoms with van der Waals surface area (Å²) in [5, 5.41) is 9.33. The highest BCUT2D eigenvalue weighted by atomic mass is 19.1. The lowest BCUT2D eigenvalue weighted by Gasteiger charge is -2.32. The Morgan fingerprint density at radius 2 is 2.10 bits per heavy atom. The molecular weight excluding hydrogens is 273 g/mol. The zero-order valence-corrected chi connectivity index (χ0v) is 12.3. The summed E-state index contributed by atoms with van der Waals surface area (Å²) < 4.78 is 13.7. The lowest BCUT2D eigenvalue weighted by molar-refractivity contribution is -0.155. The van der Waals surface area contributed by atoms with Crippen LogP contribution in [0.2, 0.25) is 0 Å². The minimum Gasteiger partial charge on any atom is -0.480 e. The molecule has 4 nitrogen and oxygen atoms in total. The predicted octanol–water partition coefficient (Wildman–Crippen LogP) is 2.79. The third kappa shape index (κ3) is 2.91. The van der Waals surface area contributed by atoms with Crippen molar-refractivity contribution in [3.8, 4) is 0 Å². The fourth-order valence-corrected chi connectivity index (χ4v) is 2.94. The van der Waals surface area contributed by atoms with Gasteiger partial charge in [-0.1, -0.05) is 25.1 Å². The van der Waals surface area contributed by atoms with Gasteiger partial charge in [0.1, 0.15) is 11.4 Å². The van der Waals surface area contributed by atoms with E-state index in [1.165, 1.54) is 11.0 Å². The molecular formula is C16H20FNO3. The summed E-state index contributed by atoms with van der Waals surface area (Å²) in [6, 6.07) is 6.37. The molecule has 21 heavy (non-hydrogen) atoms. The van der Waals surface area contributed by atoms with Gasteiger partial charge in [0.15, 0.2) is 0 Å². The Balaban J connectivity index is 2.11. The molecule has 1 aromatic carbocycles. The number of rotatable bonds is 4. The number of benzene rings is 1. The molecule has 1 saturated heterocycles. The molecule has 1 aliphatic rings. The predicted molar refractivity (Wildman–Crippen MR) is 76.4 cm³/mol. The first-order chi connectivity index (χ1) is 9.86. The van der Waals surface area contributed by atoms with Crippen LogP contribution in [0, 0.1) is 5.82 Å². The molecule has 0 aliphatic carbocycles. The van der Waals surface area contributed by atoms with Crippen molar-refractivity contribution in [2.24, 2.45) is 0 Å². The average molecular weight is 293 g/mol. The summed E-state index contributed by atoms with van der Waals surface area (Å²) in [7, 11) is 0. The zero-order chi connectivity index (χ0) is 15.6. The first-order valence-corrected chi connectivity index (χ1v) is 7.14. The molecule has 5 heteroatoms. The Kier molecular flexibility index (Phi) is 4.30. The van der Waals surface area contributed by atoms with Crippen LogP contribution in [0.15, 0.2) is 24.3 Å². The first kappa shape index (κ1) is 15.5. The molecule has 2 atom stereocenters. The summed E-state index contributed by atoms with van der Waals surface area (Å²) in [5.41, 5.74) is -0.645. The molecule has 2 rings (SSSR count).